The van der Waals surface area contributed by atoms with Crippen LogP contribution in [0.3, 0.4) is 0 Å². The Morgan fingerprint density at radius 1 is 1.48 bits per heavy atom. The first-order valence-corrected chi connectivity index (χ1v) is 9.35. The molecule has 0 aromatic carbocycles. The van der Waals surface area contributed by atoms with E-state index in [1.807, 2.05) is 24.7 Å². The van der Waals surface area contributed by atoms with Crippen molar-refractivity contribution >= 4 is 5.91 Å². The van der Waals surface area contributed by atoms with Crippen molar-refractivity contribution in [1.29, 1.82) is 5.26 Å². The molecule has 7 nitrogen and oxygen atoms in total. The lowest BCUT2D eigenvalue weighted by Gasteiger charge is -2.28. The molecule has 27 heavy (non-hydrogen) atoms. The van der Waals surface area contributed by atoms with Crippen molar-refractivity contribution in [2.45, 2.75) is 51.2 Å². The van der Waals surface area contributed by atoms with Crippen LogP contribution in [0, 0.1) is 11.3 Å². The number of hydrogen-bond acceptors (Lipinski definition) is 5. The summed E-state index contributed by atoms with van der Waals surface area (Å²) in [7, 11) is 0. The van der Waals surface area contributed by atoms with E-state index in [0.717, 1.165) is 37.1 Å². The van der Waals surface area contributed by atoms with Gasteiger partial charge in [0, 0.05) is 42.8 Å². The third kappa shape index (κ3) is 4.92. The van der Waals surface area contributed by atoms with Crippen LogP contribution < -0.4 is 5.32 Å². The van der Waals surface area contributed by atoms with Crippen molar-refractivity contribution in [2.24, 2.45) is 0 Å². The van der Waals surface area contributed by atoms with Crippen molar-refractivity contribution < 1.29 is 4.79 Å². The van der Waals surface area contributed by atoms with Gasteiger partial charge in [0.25, 0.3) is 0 Å². The Bertz CT molecular complexity index is 807. The SMILES string of the molecule is CC(C)(CCn1cnc(-c2cccnc2)c1)NCC(=O)N1CCC[C@H]1C#N. The van der Waals surface area contributed by atoms with Crippen LogP contribution in [0.25, 0.3) is 11.3 Å². The Morgan fingerprint density at radius 3 is 3.07 bits per heavy atom. The number of aryl methyl sites for hydroxylation is 1. The summed E-state index contributed by atoms with van der Waals surface area (Å²) < 4.78 is 2.06. The molecule has 3 heterocycles. The normalized spacial score (nSPS) is 17.1. The van der Waals surface area contributed by atoms with Gasteiger partial charge in [0.05, 0.1) is 24.6 Å². The maximum atomic E-state index is 12.4. The number of rotatable bonds is 7. The average molecular weight is 366 g/mol. The molecule has 1 saturated heterocycles. The number of nitriles is 1. The summed E-state index contributed by atoms with van der Waals surface area (Å²) in [5, 5.41) is 12.5. The largest absolute Gasteiger partial charge is 0.337 e. The zero-order valence-corrected chi connectivity index (χ0v) is 15.9. The molecule has 1 amide bonds. The summed E-state index contributed by atoms with van der Waals surface area (Å²) in [6.45, 7) is 5.92. The van der Waals surface area contributed by atoms with Crippen LogP contribution in [0.15, 0.2) is 37.1 Å². The molecule has 1 aliphatic rings. The number of imidazole rings is 1. The summed E-state index contributed by atoms with van der Waals surface area (Å²) >= 11 is 0. The Morgan fingerprint density at radius 2 is 2.33 bits per heavy atom. The topological polar surface area (TPSA) is 86.8 Å². The number of nitrogens with zero attached hydrogens (tertiary/aromatic N) is 5. The molecule has 0 aliphatic carbocycles. The molecule has 2 aromatic rings. The van der Waals surface area contributed by atoms with Gasteiger partial charge in [-0.3, -0.25) is 9.78 Å². The van der Waals surface area contributed by atoms with E-state index in [4.69, 9.17) is 5.26 Å². The van der Waals surface area contributed by atoms with E-state index in [9.17, 15) is 4.79 Å². The highest BCUT2D eigenvalue weighted by atomic mass is 16.2. The highest BCUT2D eigenvalue weighted by molar-refractivity contribution is 5.79. The summed E-state index contributed by atoms with van der Waals surface area (Å²) in [4.78, 5) is 22.6. The molecular weight excluding hydrogens is 340 g/mol. The molecule has 3 rings (SSSR count). The van der Waals surface area contributed by atoms with Crippen molar-refractivity contribution in [1.82, 2.24) is 24.8 Å². The second kappa shape index (κ2) is 8.31. The third-order valence-electron chi connectivity index (χ3n) is 5.03. The maximum Gasteiger partial charge on any atom is 0.237 e. The quantitative estimate of drug-likeness (QED) is 0.812. The number of aromatic nitrogens is 3. The average Bonchev–Trinajstić information content (AvgIpc) is 3.34. The van der Waals surface area contributed by atoms with Crippen molar-refractivity contribution in [3.63, 3.8) is 0 Å². The number of amides is 1. The highest BCUT2D eigenvalue weighted by Crippen LogP contribution is 2.18. The van der Waals surface area contributed by atoms with Crippen LogP contribution in [0.1, 0.15) is 33.1 Å². The molecule has 1 atom stereocenters. The Balaban J connectivity index is 1.49. The van der Waals surface area contributed by atoms with Crippen molar-refractivity contribution in [2.75, 3.05) is 13.1 Å². The number of nitrogens with one attached hydrogen (secondary N) is 1. The minimum Gasteiger partial charge on any atom is -0.337 e. The van der Waals surface area contributed by atoms with Crippen LogP contribution in [0.5, 0.6) is 0 Å². The maximum absolute atomic E-state index is 12.4. The summed E-state index contributed by atoms with van der Waals surface area (Å²) in [6.07, 6.45) is 9.93. The standard InChI is InChI=1S/C20H26N6O/c1-20(2,24-13-19(27)26-9-4-6-17(26)11-21)7-10-25-14-18(23-15-25)16-5-3-8-22-12-16/h3,5,8,12,14-15,17,24H,4,6-7,9-10,13H2,1-2H3/t17-/m0/s1. The van der Waals surface area contributed by atoms with Crippen molar-refractivity contribution in [3.8, 4) is 17.3 Å². The lowest BCUT2D eigenvalue weighted by molar-refractivity contribution is -0.130. The van der Waals surface area contributed by atoms with Gasteiger partial charge >= 0.3 is 0 Å². The molecule has 0 spiro atoms. The predicted molar refractivity (Wildman–Crippen MR) is 103 cm³/mol. The van der Waals surface area contributed by atoms with E-state index in [-0.39, 0.29) is 24.0 Å². The van der Waals surface area contributed by atoms with Crippen LogP contribution >= 0.6 is 0 Å². The van der Waals surface area contributed by atoms with Gasteiger partial charge in [0.1, 0.15) is 6.04 Å². The molecule has 1 N–H and O–H groups in total. The Kier molecular flexibility index (Phi) is 5.87. The van der Waals surface area contributed by atoms with Crippen LogP contribution in [0.4, 0.5) is 0 Å². The molecule has 142 valence electrons. The summed E-state index contributed by atoms with van der Waals surface area (Å²) in [6, 6.07) is 5.84. The van der Waals surface area contributed by atoms with E-state index < -0.39 is 0 Å². The van der Waals surface area contributed by atoms with Crippen molar-refractivity contribution in [3.05, 3.63) is 37.1 Å². The van der Waals surface area contributed by atoms with Gasteiger partial charge in [0.15, 0.2) is 0 Å². The van der Waals surface area contributed by atoms with Gasteiger partial charge in [-0.1, -0.05) is 0 Å². The van der Waals surface area contributed by atoms with Gasteiger partial charge in [0.2, 0.25) is 5.91 Å². The Hall–Kier alpha value is -2.72. The van der Waals surface area contributed by atoms with Crippen LogP contribution in [0.2, 0.25) is 0 Å². The fourth-order valence-electron chi connectivity index (χ4n) is 3.26. The first-order chi connectivity index (χ1) is 13.0. The van der Waals surface area contributed by atoms with E-state index in [1.165, 1.54) is 0 Å². The fourth-order valence-corrected chi connectivity index (χ4v) is 3.26. The van der Waals surface area contributed by atoms with Crippen LogP contribution in [-0.4, -0.2) is 50.0 Å². The van der Waals surface area contributed by atoms with Gasteiger partial charge in [-0.2, -0.15) is 5.26 Å². The predicted octanol–water partition coefficient (Wildman–Crippen LogP) is 2.22. The lowest BCUT2D eigenvalue weighted by atomic mass is 10.0. The van der Waals surface area contributed by atoms with E-state index >= 15 is 0 Å². The molecule has 0 bridgehead atoms. The highest BCUT2D eigenvalue weighted by Gasteiger charge is 2.29. The minimum atomic E-state index is -0.265. The minimum absolute atomic E-state index is 0.00798. The molecule has 7 heteroatoms. The molecular formula is C20H26N6O. The second-order valence-corrected chi connectivity index (χ2v) is 7.60. The molecule has 1 fully saturated rings. The van der Waals surface area contributed by atoms with Gasteiger partial charge in [-0.05, 0) is 45.2 Å². The van der Waals surface area contributed by atoms with Gasteiger partial charge in [-0.15, -0.1) is 0 Å². The fraction of sp³-hybridized carbons (Fsp3) is 0.500. The molecule has 1 aliphatic heterocycles. The number of carbonyl (C=O) groups excluding carboxylic acids is 1. The zero-order valence-electron chi connectivity index (χ0n) is 15.9. The first-order valence-electron chi connectivity index (χ1n) is 9.35. The Labute approximate surface area is 160 Å². The zero-order chi connectivity index (χ0) is 19.3. The number of hydrogen-bond donors (Lipinski definition) is 1. The van der Waals surface area contributed by atoms with E-state index in [0.29, 0.717) is 6.54 Å². The summed E-state index contributed by atoms with van der Waals surface area (Å²) in [5.74, 6) is 0.00798. The van der Waals surface area contributed by atoms with E-state index in [2.05, 4.69) is 39.8 Å². The monoisotopic (exact) mass is 366 g/mol. The third-order valence-corrected chi connectivity index (χ3v) is 5.03. The molecule has 0 unspecified atom stereocenters. The summed E-state index contributed by atoms with van der Waals surface area (Å²) in [5.41, 5.74) is 1.70. The lowest BCUT2D eigenvalue weighted by Crippen LogP contribution is -2.47. The molecule has 0 radical (unpaired) electrons. The first kappa shape index (κ1) is 19.1. The van der Waals surface area contributed by atoms with Gasteiger partial charge in [-0.25, -0.2) is 4.98 Å². The van der Waals surface area contributed by atoms with Gasteiger partial charge < -0.3 is 14.8 Å². The molecule has 2 aromatic heterocycles. The molecule has 0 saturated carbocycles. The number of pyridine rings is 1. The van der Waals surface area contributed by atoms with E-state index in [1.54, 1.807) is 17.3 Å². The second-order valence-electron chi connectivity index (χ2n) is 7.60. The van der Waals surface area contributed by atoms with Crippen LogP contribution in [-0.2, 0) is 11.3 Å². The number of carbonyl (C=O) groups is 1. The smallest absolute Gasteiger partial charge is 0.237 e. The number of likely N-dealkylation sites (tertiary alicyclic amines) is 1.